The topological polar surface area (TPSA) is 79.1 Å². The molecule has 7 heteroatoms. The molecule has 30 heavy (non-hydrogen) atoms. The zero-order chi connectivity index (χ0) is 20.8. The van der Waals surface area contributed by atoms with Crippen LogP contribution in [0.5, 0.6) is 11.5 Å². The van der Waals surface area contributed by atoms with Gasteiger partial charge in [-0.2, -0.15) is 5.10 Å². The minimum atomic E-state index is 0.188. The molecule has 0 aliphatic carbocycles. The van der Waals surface area contributed by atoms with Crippen LogP contribution in [0.15, 0.2) is 82.9 Å². The number of thiazole rings is 1. The molecule has 0 bridgehead atoms. The number of hydrogen-bond donors (Lipinski definition) is 2. The number of hydrogen-bond acceptors (Lipinski definition) is 6. The third-order valence-corrected chi connectivity index (χ3v) is 5.18. The number of fused-ring (bicyclic) bond motifs is 1. The van der Waals surface area contributed by atoms with Crippen LogP contribution in [-0.2, 0) is 0 Å². The van der Waals surface area contributed by atoms with Gasteiger partial charge < -0.3 is 9.84 Å². The number of phenolic OH excluding ortho intramolecular Hbond substituents is 1. The van der Waals surface area contributed by atoms with Crippen molar-refractivity contribution in [3.63, 3.8) is 0 Å². The fourth-order valence-electron chi connectivity index (χ4n) is 2.78. The summed E-state index contributed by atoms with van der Waals surface area (Å²) in [6.07, 6.45) is 1.63. The number of ether oxygens (including phenoxy) is 1. The standard InChI is InChI=1S/C23H20N4O2S/c1-2-29-19-12-10-17(11-13-19)25-22(23-26-20-8-3-4-9-21(20)30-23)27-24-15-16-6-5-7-18(28)14-16/h3-15,28H,2H2,1H3,(H,25,27). The predicted octanol–water partition coefficient (Wildman–Crippen LogP) is 5.10. The molecule has 0 unspecified atom stereocenters. The first-order valence-electron chi connectivity index (χ1n) is 9.47. The van der Waals surface area contributed by atoms with Gasteiger partial charge in [-0.15, -0.1) is 11.3 Å². The van der Waals surface area contributed by atoms with E-state index in [9.17, 15) is 5.11 Å². The maximum atomic E-state index is 9.61. The monoisotopic (exact) mass is 416 g/mol. The van der Waals surface area contributed by atoms with Crippen molar-refractivity contribution in [3.05, 3.63) is 83.4 Å². The van der Waals surface area contributed by atoms with Crippen LogP contribution in [0, 0.1) is 0 Å². The van der Waals surface area contributed by atoms with Gasteiger partial charge in [-0.1, -0.05) is 24.3 Å². The molecule has 0 fully saturated rings. The summed E-state index contributed by atoms with van der Waals surface area (Å²) in [7, 11) is 0. The summed E-state index contributed by atoms with van der Waals surface area (Å²) in [6, 6.07) is 22.4. The molecule has 1 heterocycles. The van der Waals surface area contributed by atoms with Gasteiger partial charge in [0.25, 0.3) is 0 Å². The van der Waals surface area contributed by atoms with Crippen molar-refractivity contribution in [1.82, 2.24) is 10.4 Å². The van der Waals surface area contributed by atoms with E-state index in [-0.39, 0.29) is 5.75 Å². The van der Waals surface area contributed by atoms with Crippen LogP contribution in [0.1, 0.15) is 17.5 Å². The van der Waals surface area contributed by atoms with E-state index in [2.05, 4.69) is 15.5 Å². The molecule has 4 aromatic rings. The number of aromatic hydroxyl groups is 1. The van der Waals surface area contributed by atoms with Crippen molar-refractivity contribution in [2.24, 2.45) is 10.1 Å². The Labute approximate surface area is 178 Å². The average molecular weight is 417 g/mol. The number of aromatic nitrogens is 1. The summed E-state index contributed by atoms with van der Waals surface area (Å²) < 4.78 is 6.57. The number of aliphatic imine (C=N–C) groups is 1. The van der Waals surface area contributed by atoms with Crippen LogP contribution in [0.2, 0.25) is 0 Å². The van der Waals surface area contributed by atoms with Crippen molar-refractivity contribution in [3.8, 4) is 11.5 Å². The molecule has 1 aromatic heterocycles. The Bertz CT molecular complexity index is 1170. The molecule has 0 atom stereocenters. The molecule has 0 aliphatic rings. The fraction of sp³-hybridized carbons (Fsp3) is 0.0870. The Hall–Kier alpha value is -3.71. The lowest BCUT2D eigenvalue weighted by Gasteiger charge is -2.05. The van der Waals surface area contributed by atoms with Gasteiger partial charge in [0.2, 0.25) is 0 Å². The molecule has 150 valence electrons. The first kappa shape index (κ1) is 19.6. The van der Waals surface area contributed by atoms with Crippen LogP contribution in [-0.4, -0.2) is 28.7 Å². The molecule has 0 spiro atoms. The maximum Gasteiger partial charge on any atom is 0.183 e. The molecule has 0 radical (unpaired) electrons. The summed E-state index contributed by atoms with van der Waals surface area (Å²) in [5.41, 5.74) is 5.45. The largest absolute Gasteiger partial charge is 0.508 e. The number of nitrogens with one attached hydrogen (secondary N) is 1. The summed E-state index contributed by atoms with van der Waals surface area (Å²) in [4.78, 5) is 9.39. The lowest BCUT2D eigenvalue weighted by atomic mass is 10.2. The number of nitrogens with zero attached hydrogens (tertiary/aromatic N) is 3. The zero-order valence-electron chi connectivity index (χ0n) is 16.3. The van der Waals surface area contributed by atoms with Gasteiger partial charge in [0.1, 0.15) is 11.5 Å². The lowest BCUT2D eigenvalue weighted by Crippen LogP contribution is -2.18. The number of amidine groups is 1. The highest BCUT2D eigenvalue weighted by atomic mass is 32.1. The van der Waals surface area contributed by atoms with E-state index >= 15 is 0 Å². The first-order valence-corrected chi connectivity index (χ1v) is 10.3. The fourth-order valence-corrected chi connectivity index (χ4v) is 3.68. The molecular weight excluding hydrogens is 396 g/mol. The summed E-state index contributed by atoms with van der Waals surface area (Å²) in [5, 5.41) is 14.6. The molecule has 0 amide bonds. The van der Waals surface area contributed by atoms with Gasteiger partial charge in [0.05, 0.1) is 28.7 Å². The van der Waals surface area contributed by atoms with Crippen molar-refractivity contribution in [1.29, 1.82) is 0 Å². The van der Waals surface area contributed by atoms with Gasteiger partial charge in [-0.05, 0) is 61.0 Å². The van der Waals surface area contributed by atoms with E-state index < -0.39 is 0 Å². The second-order valence-electron chi connectivity index (χ2n) is 6.34. The highest BCUT2D eigenvalue weighted by Crippen LogP contribution is 2.24. The Morgan fingerprint density at radius 1 is 1.10 bits per heavy atom. The van der Waals surface area contributed by atoms with Gasteiger partial charge in [0.15, 0.2) is 10.8 Å². The van der Waals surface area contributed by atoms with E-state index in [1.807, 2.05) is 61.5 Å². The molecule has 6 nitrogen and oxygen atoms in total. The smallest absolute Gasteiger partial charge is 0.183 e. The van der Waals surface area contributed by atoms with Gasteiger partial charge in [-0.25, -0.2) is 9.98 Å². The van der Waals surface area contributed by atoms with Crippen molar-refractivity contribution < 1.29 is 9.84 Å². The maximum absolute atomic E-state index is 9.61. The predicted molar refractivity (Wildman–Crippen MR) is 122 cm³/mol. The number of para-hydroxylation sites is 1. The third kappa shape index (κ3) is 4.82. The molecule has 4 rings (SSSR count). The Balaban J connectivity index is 1.65. The van der Waals surface area contributed by atoms with Crippen LogP contribution in [0.3, 0.4) is 0 Å². The van der Waals surface area contributed by atoms with E-state index in [0.717, 1.165) is 32.2 Å². The molecule has 0 saturated heterocycles. The highest BCUT2D eigenvalue weighted by Gasteiger charge is 2.10. The van der Waals surface area contributed by atoms with E-state index in [4.69, 9.17) is 9.73 Å². The van der Waals surface area contributed by atoms with E-state index in [0.29, 0.717) is 12.4 Å². The van der Waals surface area contributed by atoms with Crippen LogP contribution < -0.4 is 10.2 Å². The van der Waals surface area contributed by atoms with E-state index in [1.54, 1.807) is 35.8 Å². The number of phenols is 1. The minimum Gasteiger partial charge on any atom is -0.508 e. The van der Waals surface area contributed by atoms with Gasteiger partial charge >= 0.3 is 0 Å². The quantitative estimate of drug-likeness (QED) is 0.260. The van der Waals surface area contributed by atoms with E-state index in [1.165, 1.54) is 0 Å². The highest BCUT2D eigenvalue weighted by molar-refractivity contribution is 7.20. The number of hydrazone groups is 1. The summed E-state index contributed by atoms with van der Waals surface area (Å²) in [5.74, 6) is 1.53. The first-order chi connectivity index (χ1) is 14.7. The van der Waals surface area contributed by atoms with Crippen molar-refractivity contribution in [2.45, 2.75) is 6.92 Å². The molecule has 3 aromatic carbocycles. The summed E-state index contributed by atoms with van der Waals surface area (Å²) >= 11 is 1.54. The van der Waals surface area contributed by atoms with Crippen molar-refractivity contribution in [2.75, 3.05) is 6.61 Å². The molecule has 2 N–H and O–H groups in total. The Morgan fingerprint density at radius 3 is 2.70 bits per heavy atom. The van der Waals surface area contributed by atoms with Crippen molar-refractivity contribution >= 4 is 39.3 Å². The van der Waals surface area contributed by atoms with Crippen LogP contribution in [0.25, 0.3) is 10.2 Å². The number of rotatable bonds is 6. The molecule has 0 aliphatic heterocycles. The zero-order valence-corrected chi connectivity index (χ0v) is 17.1. The third-order valence-electron chi connectivity index (χ3n) is 4.14. The molecule has 0 saturated carbocycles. The second-order valence-corrected chi connectivity index (χ2v) is 7.37. The average Bonchev–Trinajstić information content (AvgIpc) is 3.19. The normalized spacial score (nSPS) is 11.8. The summed E-state index contributed by atoms with van der Waals surface area (Å²) in [6.45, 7) is 2.57. The second kappa shape index (κ2) is 9.19. The van der Waals surface area contributed by atoms with Gasteiger partial charge in [0, 0.05) is 0 Å². The molecular formula is C23H20N4O2S. The minimum absolute atomic E-state index is 0.188. The Morgan fingerprint density at radius 2 is 1.93 bits per heavy atom. The van der Waals surface area contributed by atoms with Crippen LogP contribution in [0.4, 0.5) is 5.69 Å². The van der Waals surface area contributed by atoms with Crippen LogP contribution >= 0.6 is 11.3 Å². The Kier molecular flexibility index (Phi) is 6.01. The number of benzene rings is 3. The SMILES string of the molecule is CCOc1ccc(N=C(NN=Cc2cccc(O)c2)c2nc3ccccc3s2)cc1. The lowest BCUT2D eigenvalue weighted by molar-refractivity contribution is 0.340. The van der Waals surface area contributed by atoms with Gasteiger partial charge in [-0.3, -0.25) is 5.43 Å².